The number of amides is 2. The molecule has 2 amide bonds. The monoisotopic (exact) mass is 370 g/mol. The van der Waals surface area contributed by atoms with Crippen LogP contribution in [0, 0.1) is 11.7 Å². The van der Waals surface area contributed by atoms with Crippen molar-refractivity contribution in [3.8, 4) is 5.75 Å². The number of hydrogen-bond donors (Lipinski definition) is 2. The Bertz CT molecular complexity index is 806. The molecule has 0 radical (unpaired) electrons. The molecule has 0 heterocycles. The highest BCUT2D eigenvalue weighted by Gasteiger charge is 2.25. The molecule has 6 heteroatoms. The molecule has 0 unspecified atom stereocenters. The average molecular weight is 370 g/mol. The highest BCUT2D eigenvalue weighted by Crippen LogP contribution is 2.27. The number of carbonyl (C=O) groups is 2. The third-order valence-corrected chi connectivity index (χ3v) is 4.58. The number of benzene rings is 2. The van der Waals surface area contributed by atoms with Crippen molar-refractivity contribution in [2.45, 2.75) is 32.2 Å². The number of carbonyl (C=O) groups excluding carboxylic acids is 2. The zero-order valence-electron chi connectivity index (χ0n) is 15.0. The minimum absolute atomic E-state index is 0.0627. The van der Waals surface area contributed by atoms with Crippen LogP contribution in [-0.4, -0.2) is 18.4 Å². The molecule has 5 nitrogen and oxygen atoms in total. The Morgan fingerprint density at radius 2 is 1.93 bits per heavy atom. The molecular formula is C21H23FN2O3. The van der Waals surface area contributed by atoms with Crippen LogP contribution >= 0.6 is 0 Å². The predicted octanol–water partition coefficient (Wildman–Crippen LogP) is 3.65. The lowest BCUT2D eigenvalue weighted by atomic mass is 9.85. The zero-order valence-corrected chi connectivity index (χ0v) is 15.0. The Morgan fingerprint density at radius 3 is 2.67 bits per heavy atom. The van der Waals surface area contributed by atoms with Gasteiger partial charge >= 0.3 is 0 Å². The summed E-state index contributed by atoms with van der Waals surface area (Å²) in [6, 6.07) is 13.5. The van der Waals surface area contributed by atoms with E-state index >= 15 is 0 Å². The SMILES string of the molecule is O=C(CCOc1ccccc1F)NCc1cccc(NC(=O)C2CCC2)c1. The summed E-state index contributed by atoms with van der Waals surface area (Å²) in [4.78, 5) is 23.9. The molecule has 27 heavy (non-hydrogen) atoms. The molecule has 142 valence electrons. The molecule has 0 atom stereocenters. The highest BCUT2D eigenvalue weighted by molar-refractivity contribution is 5.93. The van der Waals surface area contributed by atoms with E-state index in [2.05, 4.69) is 10.6 Å². The summed E-state index contributed by atoms with van der Waals surface area (Å²) in [7, 11) is 0. The lowest BCUT2D eigenvalue weighted by molar-refractivity contribution is -0.122. The van der Waals surface area contributed by atoms with Crippen molar-refractivity contribution in [1.29, 1.82) is 0 Å². The number of rotatable bonds is 8. The molecular weight excluding hydrogens is 347 g/mol. The van der Waals surface area contributed by atoms with Gasteiger partial charge in [-0.05, 0) is 42.7 Å². The van der Waals surface area contributed by atoms with Gasteiger partial charge in [0, 0.05) is 18.2 Å². The number of anilines is 1. The van der Waals surface area contributed by atoms with Gasteiger partial charge in [-0.1, -0.05) is 30.7 Å². The normalized spacial score (nSPS) is 13.5. The van der Waals surface area contributed by atoms with Crippen molar-refractivity contribution in [2.75, 3.05) is 11.9 Å². The van der Waals surface area contributed by atoms with Crippen LogP contribution in [0.4, 0.5) is 10.1 Å². The fourth-order valence-corrected chi connectivity index (χ4v) is 2.78. The van der Waals surface area contributed by atoms with Gasteiger partial charge in [0.05, 0.1) is 13.0 Å². The van der Waals surface area contributed by atoms with E-state index in [0.29, 0.717) is 6.54 Å². The number of nitrogens with one attached hydrogen (secondary N) is 2. The van der Waals surface area contributed by atoms with Crippen molar-refractivity contribution >= 4 is 17.5 Å². The van der Waals surface area contributed by atoms with Crippen molar-refractivity contribution in [3.63, 3.8) is 0 Å². The van der Waals surface area contributed by atoms with E-state index in [4.69, 9.17) is 4.74 Å². The quantitative estimate of drug-likeness (QED) is 0.745. The van der Waals surface area contributed by atoms with E-state index in [1.54, 1.807) is 12.1 Å². The smallest absolute Gasteiger partial charge is 0.227 e. The van der Waals surface area contributed by atoms with E-state index in [9.17, 15) is 14.0 Å². The van der Waals surface area contributed by atoms with Crippen LogP contribution in [0.15, 0.2) is 48.5 Å². The first-order valence-corrected chi connectivity index (χ1v) is 9.15. The highest BCUT2D eigenvalue weighted by atomic mass is 19.1. The molecule has 1 saturated carbocycles. The summed E-state index contributed by atoms with van der Waals surface area (Å²) < 4.78 is 18.7. The first-order valence-electron chi connectivity index (χ1n) is 9.15. The predicted molar refractivity (Wildman–Crippen MR) is 101 cm³/mol. The molecule has 2 aromatic carbocycles. The van der Waals surface area contributed by atoms with Crippen LogP contribution in [0.1, 0.15) is 31.2 Å². The number of ether oxygens (including phenoxy) is 1. The first-order chi connectivity index (χ1) is 13.1. The molecule has 0 aliphatic heterocycles. The van der Waals surface area contributed by atoms with Gasteiger partial charge in [-0.25, -0.2) is 4.39 Å². The van der Waals surface area contributed by atoms with Gasteiger partial charge in [-0.15, -0.1) is 0 Å². The molecule has 0 saturated heterocycles. The largest absolute Gasteiger partial charge is 0.490 e. The maximum absolute atomic E-state index is 13.4. The second-order valence-electron chi connectivity index (χ2n) is 6.62. The molecule has 1 aliphatic carbocycles. The number of para-hydroxylation sites is 1. The van der Waals surface area contributed by atoms with E-state index in [0.717, 1.165) is 30.5 Å². The Kier molecular flexibility index (Phi) is 6.41. The van der Waals surface area contributed by atoms with Crippen LogP contribution in [0.2, 0.25) is 0 Å². The molecule has 2 aromatic rings. The van der Waals surface area contributed by atoms with Crippen molar-refractivity contribution in [1.82, 2.24) is 5.32 Å². The van der Waals surface area contributed by atoms with Crippen molar-refractivity contribution in [2.24, 2.45) is 5.92 Å². The van der Waals surface area contributed by atoms with E-state index < -0.39 is 5.82 Å². The van der Waals surface area contributed by atoms with Crippen LogP contribution < -0.4 is 15.4 Å². The Hall–Kier alpha value is -2.89. The van der Waals surface area contributed by atoms with E-state index in [1.807, 2.05) is 24.3 Å². The lowest BCUT2D eigenvalue weighted by Gasteiger charge is -2.24. The lowest BCUT2D eigenvalue weighted by Crippen LogP contribution is -2.28. The Balaban J connectivity index is 1.41. The minimum Gasteiger partial charge on any atom is -0.490 e. The first kappa shape index (κ1) is 18.9. The van der Waals surface area contributed by atoms with Gasteiger partial charge in [0.2, 0.25) is 11.8 Å². The third-order valence-electron chi connectivity index (χ3n) is 4.58. The Labute approximate surface area is 157 Å². The summed E-state index contributed by atoms with van der Waals surface area (Å²) in [5, 5.41) is 5.72. The van der Waals surface area contributed by atoms with Crippen LogP contribution in [0.25, 0.3) is 0 Å². The molecule has 1 aliphatic rings. The zero-order chi connectivity index (χ0) is 19.1. The summed E-state index contributed by atoms with van der Waals surface area (Å²) in [5.74, 6) is -0.301. The maximum Gasteiger partial charge on any atom is 0.227 e. The molecule has 0 spiro atoms. The van der Waals surface area contributed by atoms with Crippen LogP contribution in [0.3, 0.4) is 0 Å². The van der Waals surface area contributed by atoms with Gasteiger partial charge in [0.15, 0.2) is 11.6 Å². The molecule has 1 fully saturated rings. The standard InChI is InChI=1S/C21H23FN2O3/c22-18-9-1-2-10-19(18)27-12-11-20(25)23-14-15-5-3-8-17(13-15)24-21(26)16-6-4-7-16/h1-3,5,8-10,13,16H,4,6-7,11-12,14H2,(H,23,25)(H,24,26). The second kappa shape index (κ2) is 9.16. The fraction of sp³-hybridized carbons (Fsp3) is 0.333. The van der Waals surface area contributed by atoms with E-state index in [-0.39, 0.29) is 36.5 Å². The van der Waals surface area contributed by atoms with E-state index in [1.165, 1.54) is 12.1 Å². The molecule has 0 aromatic heterocycles. The second-order valence-corrected chi connectivity index (χ2v) is 6.62. The third kappa shape index (κ3) is 5.54. The molecule has 0 bridgehead atoms. The maximum atomic E-state index is 13.4. The van der Waals surface area contributed by atoms with Gasteiger partial charge in [-0.2, -0.15) is 0 Å². The van der Waals surface area contributed by atoms with Gasteiger partial charge < -0.3 is 15.4 Å². The minimum atomic E-state index is -0.446. The van der Waals surface area contributed by atoms with Crippen molar-refractivity contribution in [3.05, 3.63) is 59.9 Å². The number of hydrogen-bond acceptors (Lipinski definition) is 3. The van der Waals surface area contributed by atoms with Gasteiger partial charge in [0.1, 0.15) is 0 Å². The van der Waals surface area contributed by atoms with Gasteiger partial charge in [0.25, 0.3) is 0 Å². The molecule has 3 rings (SSSR count). The summed E-state index contributed by atoms with van der Waals surface area (Å²) >= 11 is 0. The molecule has 2 N–H and O–H groups in total. The average Bonchev–Trinajstić information content (AvgIpc) is 2.60. The fourth-order valence-electron chi connectivity index (χ4n) is 2.78. The summed E-state index contributed by atoms with van der Waals surface area (Å²) in [5.41, 5.74) is 1.63. The Morgan fingerprint density at radius 1 is 1.11 bits per heavy atom. The van der Waals surface area contributed by atoms with Crippen LogP contribution in [0.5, 0.6) is 5.75 Å². The topological polar surface area (TPSA) is 67.4 Å². The summed E-state index contributed by atoms with van der Waals surface area (Å²) in [6.45, 7) is 0.454. The van der Waals surface area contributed by atoms with Gasteiger partial charge in [-0.3, -0.25) is 9.59 Å². The number of halogens is 1. The summed E-state index contributed by atoms with van der Waals surface area (Å²) in [6.07, 6.45) is 3.16. The van der Waals surface area contributed by atoms with Crippen LogP contribution in [-0.2, 0) is 16.1 Å². The van der Waals surface area contributed by atoms with Crippen molar-refractivity contribution < 1.29 is 18.7 Å².